The van der Waals surface area contributed by atoms with E-state index < -0.39 is 10.8 Å². The fourth-order valence-corrected chi connectivity index (χ4v) is 4.38. The SMILES string of the molecule is CCCC(NC)C(CC)S(=O)c1ccc2c(c1)OCCO2. The first-order chi connectivity index (χ1) is 10.2. The van der Waals surface area contributed by atoms with Gasteiger partial charge in [-0.3, -0.25) is 4.21 Å². The molecule has 0 amide bonds. The van der Waals surface area contributed by atoms with Crippen molar-refractivity contribution in [1.29, 1.82) is 0 Å². The number of nitrogens with one attached hydrogen (secondary N) is 1. The number of ether oxygens (including phenoxy) is 2. The molecule has 1 aliphatic heterocycles. The zero-order chi connectivity index (χ0) is 15.2. The Labute approximate surface area is 129 Å². The molecule has 0 aromatic heterocycles. The van der Waals surface area contributed by atoms with E-state index in [4.69, 9.17) is 9.47 Å². The molecule has 0 aliphatic carbocycles. The second-order valence-electron chi connectivity index (χ2n) is 5.23. The van der Waals surface area contributed by atoms with Crippen molar-refractivity contribution in [3.63, 3.8) is 0 Å². The molecule has 3 unspecified atom stereocenters. The van der Waals surface area contributed by atoms with E-state index in [0.29, 0.717) is 19.0 Å². The average molecular weight is 311 g/mol. The molecule has 3 atom stereocenters. The highest BCUT2D eigenvalue weighted by Gasteiger charge is 2.26. The van der Waals surface area contributed by atoms with Gasteiger partial charge in [0.15, 0.2) is 11.5 Å². The van der Waals surface area contributed by atoms with Gasteiger partial charge in [-0.1, -0.05) is 20.3 Å². The highest BCUT2D eigenvalue weighted by molar-refractivity contribution is 7.85. The van der Waals surface area contributed by atoms with E-state index in [-0.39, 0.29) is 11.3 Å². The van der Waals surface area contributed by atoms with E-state index in [1.54, 1.807) is 0 Å². The predicted molar refractivity (Wildman–Crippen MR) is 85.7 cm³/mol. The van der Waals surface area contributed by atoms with Crippen LogP contribution in [0.15, 0.2) is 23.1 Å². The first-order valence-corrected chi connectivity index (χ1v) is 8.90. The number of hydrogen-bond donors (Lipinski definition) is 1. The highest BCUT2D eigenvalue weighted by atomic mass is 32.2. The van der Waals surface area contributed by atoms with Crippen molar-refractivity contribution >= 4 is 10.8 Å². The second kappa shape index (κ2) is 7.80. The monoisotopic (exact) mass is 311 g/mol. The molecule has 4 nitrogen and oxygen atoms in total. The molecule has 0 saturated heterocycles. The van der Waals surface area contributed by atoms with Crippen molar-refractivity contribution < 1.29 is 13.7 Å². The van der Waals surface area contributed by atoms with E-state index in [1.807, 2.05) is 25.2 Å². The van der Waals surface area contributed by atoms with Crippen molar-refractivity contribution in [2.45, 2.75) is 49.3 Å². The largest absolute Gasteiger partial charge is 0.486 e. The van der Waals surface area contributed by atoms with Crippen molar-refractivity contribution in [3.8, 4) is 11.5 Å². The first-order valence-electron chi connectivity index (χ1n) is 7.68. The Balaban J connectivity index is 2.20. The molecule has 0 fully saturated rings. The molecule has 0 spiro atoms. The zero-order valence-electron chi connectivity index (χ0n) is 13.1. The molecule has 0 bridgehead atoms. The van der Waals surface area contributed by atoms with Gasteiger partial charge in [-0.2, -0.15) is 0 Å². The lowest BCUT2D eigenvalue weighted by Gasteiger charge is -2.26. The third-order valence-corrected chi connectivity index (χ3v) is 5.77. The fourth-order valence-electron chi connectivity index (χ4n) is 2.74. The van der Waals surface area contributed by atoms with Crippen LogP contribution >= 0.6 is 0 Å². The standard InChI is InChI=1S/C16H25NO3S/c1-4-6-13(17-3)16(5-2)21(18)12-7-8-14-15(11-12)20-10-9-19-14/h7-8,11,13,16-17H,4-6,9-10H2,1-3H3. The van der Waals surface area contributed by atoms with Gasteiger partial charge in [0.25, 0.3) is 0 Å². The van der Waals surface area contributed by atoms with E-state index in [9.17, 15) is 4.21 Å². The molecule has 118 valence electrons. The van der Waals surface area contributed by atoms with Gasteiger partial charge in [0.2, 0.25) is 0 Å². The average Bonchev–Trinajstić information content (AvgIpc) is 2.54. The van der Waals surface area contributed by atoms with Crippen molar-refractivity contribution in [3.05, 3.63) is 18.2 Å². The molecule has 1 aliphatic rings. The summed E-state index contributed by atoms with van der Waals surface area (Å²) in [5.74, 6) is 1.45. The Kier molecular flexibility index (Phi) is 6.06. The predicted octanol–water partition coefficient (Wildman–Crippen LogP) is 2.73. The Hall–Kier alpha value is -1.07. The highest BCUT2D eigenvalue weighted by Crippen LogP contribution is 2.33. The van der Waals surface area contributed by atoms with E-state index in [2.05, 4.69) is 19.2 Å². The van der Waals surface area contributed by atoms with E-state index in [0.717, 1.165) is 29.9 Å². The summed E-state index contributed by atoms with van der Waals surface area (Å²) < 4.78 is 24.0. The quantitative estimate of drug-likeness (QED) is 0.841. The van der Waals surface area contributed by atoms with Crippen LogP contribution in [0.25, 0.3) is 0 Å². The van der Waals surface area contributed by atoms with E-state index >= 15 is 0 Å². The van der Waals surface area contributed by atoms with Gasteiger partial charge in [-0.05, 0) is 32.0 Å². The summed E-state index contributed by atoms with van der Waals surface area (Å²) in [4.78, 5) is 0.822. The smallest absolute Gasteiger partial charge is 0.162 e. The van der Waals surface area contributed by atoms with Crippen LogP contribution in [0, 0.1) is 0 Å². The molecule has 5 heteroatoms. The lowest BCUT2D eigenvalue weighted by Crippen LogP contribution is -2.39. The Morgan fingerprint density at radius 3 is 2.57 bits per heavy atom. The van der Waals surface area contributed by atoms with Crippen molar-refractivity contribution in [1.82, 2.24) is 5.32 Å². The normalized spacial score (nSPS) is 18.0. The second-order valence-corrected chi connectivity index (χ2v) is 6.91. The van der Waals surface area contributed by atoms with Crippen LogP contribution in [0.1, 0.15) is 33.1 Å². The molecule has 1 heterocycles. The van der Waals surface area contributed by atoms with Gasteiger partial charge >= 0.3 is 0 Å². The third-order valence-electron chi connectivity index (χ3n) is 3.84. The number of hydrogen-bond acceptors (Lipinski definition) is 4. The summed E-state index contributed by atoms with van der Waals surface area (Å²) >= 11 is 0. The van der Waals surface area contributed by atoms with Crippen molar-refractivity contribution in [2.75, 3.05) is 20.3 Å². The molecule has 2 rings (SSSR count). The minimum Gasteiger partial charge on any atom is -0.486 e. The van der Waals surface area contributed by atoms with Gasteiger partial charge in [0.1, 0.15) is 13.2 Å². The van der Waals surface area contributed by atoms with Crippen molar-refractivity contribution in [2.24, 2.45) is 0 Å². The van der Waals surface area contributed by atoms with Crippen LogP contribution in [0.4, 0.5) is 0 Å². The van der Waals surface area contributed by atoms with Gasteiger partial charge in [0, 0.05) is 17.0 Å². The van der Waals surface area contributed by atoms with Crippen LogP contribution in [0.3, 0.4) is 0 Å². The summed E-state index contributed by atoms with van der Waals surface area (Å²) in [5.41, 5.74) is 0. The summed E-state index contributed by atoms with van der Waals surface area (Å²) in [7, 11) is 0.900. The summed E-state index contributed by atoms with van der Waals surface area (Å²) in [6.07, 6.45) is 3.00. The van der Waals surface area contributed by atoms with Gasteiger partial charge in [-0.25, -0.2) is 0 Å². The maximum Gasteiger partial charge on any atom is 0.162 e. The van der Waals surface area contributed by atoms with Crippen LogP contribution in [-0.4, -0.2) is 35.8 Å². The maximum absolute atomic E-state index is 12.9. The third kappa shape index (κ3) is 3.77. The number of benzene rings is 1. The fraction of sp³-hybridized carbons (Fsp3) is 0.625. The number of fused-ring (bicyclic) bond motifs is 1. The molecular formula is C16H25NO3S. The molecule has 1 aromatic carbocycles. The molecule has 1 N–H and O–H groups in total. The summed E-state index contributed by atoms with van der Waals surface area (Å²) in [6, 6.07) is 5.90. The summed E-state index contributed by atoms with van der Waals surface area (Å²) in [5, 5.41) is 3.43. The molecule has 1 aromatic rings. The number of rotatable bonds is 7. The van der Waals surface area contributed by atoms with Gasteiger partial charge < -0.3 is 14.8 Å². The van der Waals surface area contributed by atoms with Gasteiger partial charge in [0.05, 0.1) is 16.0 Å². The topological polar surface area (TPSA) is 47.6 Å². The Bertz CT molecular complexity index is 492. The molecule has 21 heavy (non-hydrogen) atoms. The maximum atomic E-state index is 12.9. The zero-order valence-corrected chi connectivity index (χ0v) is 13.9. The Morgan fingerprint density at radius 2 is 1.95 bits per heavy atom. The molecule has 0 saturated carbocycles. The lowest BCUT2D eigenvalue weighted by molar-refractivity contribution is 0.171. The molecule has 0 radical (unpaired) electrons. The minimum atomic E-state index is -1.05. The molecular weight excluding hydrogens is 286 g/mol. The minimum absolute atomic E-state index is 0.109. The van der Waals surface area contributed by atoms with E-state index in [1.165, 1.54) is 0 Å². The Morgan fingerprint density at radius 1 is 1.24 bits per heavy atom. The van der Waals surface area contributed by atoms with Crippen LogP contribution in [0.2, 0.25) is 0 Å². The summed E-state index contributed by atoms with van der Waals surface area (Å²) in [6.45, 7) is 5.38. The van der Waals surface area contributed by atoms with Crippen LogP contribution < -0.4 is 14.8 Å². The van der Waals surface area contributed by atoms with Crippen LogP contribution in [-0.2, 0) is 10.8 Å². The first kappa shape index (κ1) is 16.3. The van der Waals surface area contributed by atoms with Gasteiger partial charge in [-0.15, -0.1) is 0 Å². The lowest BCUT2D eigenvalue weighted by atomic mass is 10.1. The van der Waals surface area contributed by atoms with Crippen LogP contribution in [0.5, 0.6) is 11.5 Å².